The number of hydrogen-bond donors (Lipinski definition) is 3. The molecule has 3 aromatic rings. The second-order valence-electron chi connectivity index (χ2n) is 6.10. The molecule has 0 radical (unpaired) electrons. The summed E-state index contributed by atoms with van der Waals surface area (Å²) < 4.78 is 10.6. The van der Waals surface area contributed by atoms with E-state index in [0.717, 1.165) is 10.8 Å². The molecule has 0 bridgehead atoms. The molecule has 7 heteroatoms. The molecular formula is C21H20N2O5. The molecule has 0 heterocycles. The minimum absolute atomic E-state index is 0.00389. The summed E-state index contributed by atoms with van der Waals surface area (Å²) in [6.45, 7) is 1.57. The molecule has 144 valence electrons. The molecule has 0 saturated heterocycles. The average molecular weight is 380 g/mol. The molecule has 0 fully saturated rings. The Kier molecular flexibility index (Phi) is 5.64. The summed E-state index contributed by atoms with van der Waals surface area (Å²) in [7, 11) is 1.45. The van der Waals surface area contributed by atoms with Crippen molar-refractivity contribution in [2.45, 2.75) is 13.0 Å². The third kappa shape index (κ3) is 4.32. The second-order valence-corrected chi connectivity index (χ2v) is 6.10. The van der Waals surface area contributed by atoms with E-state index in [1.807, 2.05) is 36.4 Å². The number of phenols is 1. The highest BCUT2D eigenvalue weighted by molar-refractivity contribution is 5.98. The van der Waals surface area contributed by atoms with Gasteiger partial charge >= 0.3 is 0 Å². The summed E-state index contributed by atoms with van der Waals surface area (Å²) in [5, 5.41) is 11.9. The van der Waals surface area contributed by atoms with Gasteiger partial charge in [0, 0.05) is 6.07 Å². The first kappa shape index (κ1) is 19.0. The van der Waals surface area contributed by atoms with Crippen LogP contribution in [-0.4, -0.2) is 30.1 Å². The summed E-state index contributed by atoms with van der Waals surface area (Å²) in [6.07, 6.45) is -0.842. The summed E-state index contributed by atoms with van der Waals surface area (Å²) >= 11 is 0. The maximum absolute atomic E-state index is 12.2. The van der Waals surface area contributed by atoms with Gasteiger partial charge in [0.15, 0.2) is 6.10 Å². The van der Waals surface area contributed by atoms with Crippen LogP contribution in [0.25, 0.3) is 10.8 Å². The number of hydrogen-bond acceptors (Lipinski definition) is 5. The molecule has 0 spiro atoms. The molecule has 0 aliphatic rings. The predicted octanol–water partition coefficient (Wildman–Crippen LogP) is 2.78. The topological polar surface area (TPSA) is 96.9 Å². The van der Waals surface area contributed by atoms with Gasteiger partial charge in [0.25, 0.3) is 11.8 Å². The van der Waals surface area contributed by atoms with E-state index < -0.39 is 17.9 Å². The molecule has 0 unspecified atom stereocenters. The van der Waals surface area contributed by atoms with Crippen LogP contribution in [0.2, 0.25) is 0 Å². The predicted molar refractivity (Wildman–Crippen MR) is 104 cm³/mol. The van der Waals surface area contributed by atoms with Crippen LogP contribution in [0.3, 0.4) is 0 Å². The Morgan fingerprint density at radius 3 is 2.36 bits per heavy atom. The molecular weight excluding hydrogens is 360 g/mol. The minimum atomic E-state index is -0.842. The first-order chi connectivity index (χ1) is 13.5. The van der Waals surface area contributed by atoms with E-state index in [1.165, 1.54) is 25.3 Å². The first-order valence-corrected chi connectivity index (χ1v) is 8.60. The van der Waals surface area contributed by atoms with Crippen LogP contribution in [0, 0.1) is 0 Å². The fourth-order valence-electron chi connectivity index (χ4n) is 2.62. The minimum Gasteiger partial charge on any atom is -0.507 e. The molecule has 28 heavy (non-hydrogen) atoms. The van der Waals surface area contributed by atoms with Crippen LogP contribution in [0.4, 0.5) is 0 Å². The van der Waals surface area contributed by atoms with Crippen LogP contribution < -0.4 is 20.3 Å². The summed E-state index contributed by atoms with van der Waals surface area (Å²) in [5.74, 6) is -0.497. The Balaban J connectivity index is 1.58. The Labute approximate surface area is 161 Å². The number of carbonyl (C=O) groups excluding carboxylic acids is 2. The Bertz CT molecular complexity index is 1020. The van der Waals surface area contributed by atoms with Gasteiger partial charge in [-0.1, -0.05) is 30.3 Å². The van der Waals surface area contributed by atoms with Crippen molar-refractivity contribution < 1.29 is 24.2 Å². The van der Waals surface area contributed by atoms with Gasteiger partial charge in [0.05, 0.1) is 12.7 Å². The monoisotopic (exact) mass is 380 g/mol. The number of fused-ring (bicyclic) bond motifs is 1. The quantitative estimate of drug-likeness (QED) is 0.592. The van der Waals surface area contributed by atoms with Gasteiger partial charge in [-0.05, 0) is 42.0 Å². The molecule has 1 atom stereocenters. The molecule has 2 amide bonds. The molecule has 0 aliphatic carbocycles. The lowest BCUT2D eigenvalue weighted by Gasteiger charge is -2.16. The van der Waals surface area contributed by atoms with Crippen LogP contribution in [0.15, 0.2) is 60.7 Å². The third-order valence-corrected chi connectivity index (χ3v) is 4.15. The van der Waals surface area contributed by atoms with Gasteiger partial charge in [-0.3, -0.25) is 20.4 Å². The Hall–Kier alpha value is -3.74. The number of methoxy groups -OCH3 is 1. The van der Waals surface area contributed by atoms with Gasteiger partial charge in [-0.15, -0.1) is 0 Å². The maximum Gasteiger partial charge on any atom is 0.279 e. The number of aromatic hydroxyl groups is 1. The van der Waals surface area contributed by atoms with Crippen molar-refractivity contribution in [1.82, 2.24) is 10.9 Å². The molecule has 3 aromatic carbocycles. The lowest BCUT2D eigenvalue weighted by atomic mass is 10.1. The molecule has 3 rings (SSSR count). The van der Waals surface area contributed by atoms with E-state index in [0.29, 0.717) is 11.5 Å². The van der Waals surface area contributed by atoms with Crippen LogP contribution >= 0.6 is 0 Å². The number of benzene rings is 3. The summed E-state index contributed by atoms with van der Waals surface area (Å²) in [6, 6.07) is 17.6. The molecule has 7 nitrogen and oxygen atoms in total. The zero-order valence-corrected chi connectivity index (χ0v) is 15.4. The number of nitrogens with one attached hydrogen (secondary N) is 2. The van der Waals surface area contributed by atoms with Crippen LogP contribution in [0.5, 0.6) is 17.2 Å². The first-order valence-electron chi connectivity index (χ1n) is 8.60. The standard InChI is InChI=1S/C21H20N2O5/c1-13(28-17-8-7-14-5-3-4-6-15(14)11-17)20(25)22-23-21(26)18-10-9-16(27-2)12-19(18)24/h3-13,24H,1-2H3,(H,22,25)(H,23,26)/t13-/m1/s1. The van der Waals surface area contributed by atoms with Gasteiger partial charge in [-0.25, -0.2) is 0 Å². The molecule has 0 aromatic heterocycles. The lowest BCUT2D eigenvalue weighted by molar-refractivity contribution is -0.128. The van der Waals surface area contributed by atoms with Crippen molar-refractivity contribution in [1.29, 1.82) is 0 Å². The lowest BCUT2D eigenvalue weighted by Crippen LogP contribution is -2.47. The SMILES string of the molecule is COc1ccc(C(=O)NNC(=O)[C@@H](C)Oc2ccc3ccccc3c2)c(O)c1. The third-order valence-electron chi connectivity index (χ3n) is 4.15. The highest BCUT2D eigenvalue weighted by Crippen LogP contribution is 2.23. The van der Waals surface area contributed by atoms with Gasteiger partial charge in [0.2, 0.25) is 0 Å². The largest absolute Gasteiger partial charge is 0.507 e. The van der Waals surface area contributed by atoms with Gasteiger partial charge in [-0.2, -0.15) is 0 Å². The summed E-state index contributed by atoms with van der Waals surface area (Å²) in [5.41, 5.74) is 4.55. The normalized spacial score (nSPS) is 11.5. The average Bonchev–Trinajstić information content (AvgIpc) is 2.71. The highest BCUT2D eigenvalue weighted by atomic mass is 16.5. The van der Waals surface area contributed by atoms with Crippen molar-refractivity contribution in [2.75, 3.05) is 7.11 Å². The molecule has 0 aliphatic heterocycles. The van der Waals surface area contributed by atoms with E-state index in [-0.39, 0.29) is 11.3 Å². The van der Waals surface area contributed by atoms with Crippen LogP contribution in [-0.2, 0) is 4.79 Å². The van der Waals surface area contributed by atoms with Gasteiger partial charge < -0.3 is 14.6 Å². The van der Waals surface area contributed by atoms with Crippen molar-refractivity contribution >= 4 is 22.6 Å². The number of hydrazine groups is 1. The van der Waals surface area contributed by atoms with E-state index in [2.05, 4.69) is 10.9 Å². The van der Waals surface area contributed by atoms with Crippen molar-refractivity contribution in [3.8, 4) is 17.2 Å². The number of rotatable bonds is 5. The number of amides is 2. The highest BCUT2D eigenvalue weighted by Gasteiger charge is 2.17. The molecule has 3 N–H and O–H groups in total. The van der Waals surface area contributed by atoms with E-state index in [4.69, 9.17) is 9.47 Å². The zero-order valence-electron chi connectivity index (χ0n) is 15.4. The number of phenolic OH excluding ortho intramolecular Hbond substituents is 1. The smallest absolute Gasteiger partial charge is 0.279 e. The zero-order chi connectivity index (χ0) is 20.1. The molecule has 0 saturated carbocycles. The summed E-state index contributed by atoms with van der Waals surface area (Å²) in [4.78, 5) is 24.3. The van der Waals surface area contributed by atoms with Crippen molar-refractivity contribution in [3.05, 3.63) is 66.2 Å². The fourth-order valence-corrected chi connectivity index (χ4v) is 2.62. The van der Waals surface area contributed by atoms with Gasteiger partial charge in [0.1, 0.15) is 17.2 Å². The van der Waals surface area contributed by atoms with E-state index in [9.17, 15) is 14.7 Å². The maximum atomic E-state index is 12.2. The second kappa shape index (κ2) is 8.30. The Morgan fingerprint density at radius 1 is 0.929 bits per heavy atom. The van der Waals surface area contributed by atoms with Crippen molar-refractivity contribution in [2.24, 2.45) is 0 Å². The van der Waals surface area contributed by atoms with Crippen molar-refractivity contribution in [3.63, 3.8) is 0 Å². The van der Waals surface area contributed by atoms with E-state index in [1.54, 1.807) is 13.0 Å². The van der Waals surface area contributed by atoms with E-state index >= 15 is 0 Å². The fraction of sp³-hybridized carbons (Fsp3) is 0.143. The number of carbonyl (C=O) groups is 2. The van der Waals surface area contributed by atoms with Crippen LogP contribution in [0.1, 0.15) is 17.3 Å². The Morgan fingerprint density at radius 2 is 1.64 bits per heavy atom. The number of ether oxygens (including phenoxy) is 2.